The molecule has 0 radical (unpaired) electrons. The Hall–Kier alpha value is -2.38. The highest BCUT2D eigenvalue weighted by Crippen LogP contribution is 2.70. The van der Waals surface area contributed by atoms with E-state index in [0.717, 1.165) is 44.9 Å². The van der Waals surface area contributed by atoms with Crippen LogP contribution in [0.5, 0.6) is 0 Å². The lowest BCUT2D eigenvalue weighted by atomic mass is 9.46. The molecule has 4 aliphatic carbocycles. The highest BCUT2D eigenvalue weighted by molar-refractivity contribution is 6.38. The molecule has 4 unspecified atom stereocenters. The average Bonchev–Trinajstić information content (AvgIpc) is 3.32. The van der Waals surface area contributed by atoms with Crippen molar-refractivity contribution in [3.63, 3.8) is 0 Å². The van der Waals surface area contributed by atoms with Gasteiger partial charge in [-0.2, -0.15) is 0 Å². The van der Waals surface area contributed by atoms with Crippen molar-refractivity contribution < 1.29 is 29.1 Å². The second-order valence-corrected chi connectivity index (χ2v) is 11.7. The van der Waals surface area contributed by atoms with E-state index in [1.165, 1.54) is 12.5 Å². The summed E-state index contributed by atoms with van der Waals surface area (Å²) in [4.78, 5) is 30.5. The monoisotopic (exact) mass is 486 g/mol. The maximum absolute atomic E-state index is 12.8. The zero-order valence-electron chi connectivity index (χ0n) is 21.5. The van der Waals surface area contributed by atoms with Gasteiger partial charge in [0.2, 0.25) is 0 Å². The molecule has 0 bridgehead atoms. The number of rotatable bonds is 4. The Bertz CT molecular complexity index is 1020. The maximum atomic E-state index is 12.8. The van der Waals surface area contributed by atoms with Crippen molar-refractivity contribution in [3.8, 4) is 0 Å². The molecule has 3 saturated carbocycles. The molecule has 1 heterocycles. The lowest BCUT2D eigenvalue weighted by Gasteiger charge is -2.58. The van der Waals surface area contributed by atoms with Crippen LogP contribution in [0.2, 0.25) is 0 Å². The molecule has 8 atom stereocenters. The standard InChI is InChI=1S/C27H38N2O6/c1-6-33-24(31)23-22-14-21-19-8-7-17-13-18(34-16(3)30)9-11-25(17,4)20(19)10-12-26(21,5)27(22,35-29-23)15(2)28-32/h7,18-22,32H,6,8-14H2,1-5H3/b28-15-/t18?,19?,20?,21?,22-,25-,26-,27+/m0/s1. The minimum absolute atomic E-state index is 0.0218. The topological polar surface area (TPSA) is 107 Å². The Labute approximate surface area is 207 Å². The van der Waals surface area contributed by atoms with Gasteiger partial charge in [-0.15, -0.1) is 0 Å². The number of carbonyl (C=O) groups excluding carboxylic acids is 2. The van der Waals surface area contributed by atoms with E-state index in [-0.39, 0.29) is 35.4 Å². The fourth-order valence-electron chi connectivity index (χ4n) is 8.84. The minimum Gasteiger partial charge on any atom is -0.462 e. The summed E-state index contributed by atoms with van der Waals surface area (Å²) in [6, 6.07) is 0. The van der Waals surface area contributed by atoms with Crippen LogP contribution in [-0.4, -0.2) is 46.9 Å². The van der Waals surface area contributed by atoms with Crippen LogP contribution in [0.1, 0.15) is 79.6 Å². The number of hydrogen-bond acceptors (Lipinski definition) is 8. The number of ether oxygens (including phenoxy) is 2. The van der Waals surface area contributed by atoms with Gasteiger partial charge < -0.3 is 19.5 Å². The largest absolute Gasteiger partial charge is 0.462 e. The molecule has 0 aromatic rings. The van der Waals surface area contributed by atoms with Gasteiger partial charge in [0.05, 0.1) is 12.5 Å². The Morgan fingerprint density at radius 2 is 2.00 bits per heavy atom. The molecule has 0 spiro atoms. The predicted molar refractivity (Wildman–Crippen MR) is 129 cm³/mol. The Balaban J connectivity index is 1.49. The van der Waals surface area contributed by atoms with Crippen molar-refractivity contribution in [2.75, 3.05) is 6.61 Å². The van der Waals surface area contributed by atoms with Crippen LogP contribution >= 0.6 is 0 Å². The molecule has 8 nitrogen and oxygen atoms in total. The molecule has 0 aromatic heterocycles. The summed E-state index contributed by atoms with van der Waals surface area (Å²) in [6.45, 7) is 9.97. The smallest absolute Gasteiger partial charge is 0.356 e. The molecule has 8 heteroatoms. The second-order valence-electron chi connectivity index (χ2n) is 11.7. The summed E-state index contributed by atoms with van der Waals surface area (Å²) < 4.78 is 10.9. The first-order chi connectivity index (χ1) is 16.6. The highest BCUT2D eigenvalue weighted by Gasteiger charge is 2.74. The van der Waals surface area contributed by atoms with Gasteiger partial charge in [0.1, 0.15) is 11.8 Å². The SMILES string of the molecule is CCOC(=O)C1=NO[C@]2(/C(C)=N\O)[C@H]1CC1C3CC=C4CC(OC(C)=O)CC[C@]4(C)C3CC[C@@]12C. The van der Waals surface area contributed by atoms with Gasteiger partial charge in [-0.05, 0) is 75.5 Å². The van der Waals surface area contributed by atoms with E-state index in [0.29, 0.717) is 29.2 Å². The number of fused-ring (bicyclic) bond motifs is 7. The Morgan fingerprint density at radius 3 is 2.69 bits per heavy atom. The minimum atomic E-state index is -0.933. The van der Waals surface area contributed by atoms with E-state index < -0.39 is 11.6 Å². The van der Waals surface area contributed by atoms with E-state index in [1.807, 2.05) is 0 Å². The van der Waals surface area contributed by atoms with Gasteiger partial charge in [-0.25, -0.2) is 4.79 Å². The van der Waals surface area contributed by atoms with Crippen molar-refractivity contribution in [3.05, 3.63) is 11.6 Å². The molecule has 3 fully saturated rings. The van der Waals surface area contributed by atoms with E-state index >= 15 is 0 Å². The molecule has 1 aliphatic heterocycles. The highest BCUT2D eigenvalue weighted by atomic mass is 16.7. The molecule has 192 valence electrons. The lowest BCUT2D eigenvalue weighted by Crippen LogP contribution is -2.59. The molecule has 1 N–H and O–H groups in total. The van der Waals surface area contributed by atoms with Gasteiger partial charge >= 0.3 is 11.9 Å². The van der Waals surface area contributed by atoms with E-state index in [9.17, 15) is 14.8 Å². The number of allylic oxidation sites excluding steroid dienone is 1. The van der Waals surface area contributed by atoms with Crippen LogP contribution in [0.3, 0.4) is 0 Å². The van der Waals surface area contributed by atoms with Crippen LogP contribution in [0, 0.1) is 34.5 Å². The lowest BCUT2D eigenvalue weighted by molar-refractivity contribution is -0.149. The predicted octanol–water partition coefficient (Wildman–Crippen LogP) is 4.65. The van der Waals surface area contributed by atoms with E-state index in [1.54, 1.807) is 13.8 Å². The van der Waals surface area contributed by atoms with E-state index in [2.05, 4.69) is 30.2 Å². The summed E-state index contributed by atoms with van der Waals surface area (Å²) in [5.74, 6) is 0.320. The van der Waals surface area contributed by atoms with Crippen molar-refractivity contribution in [1.82, 2.24) is 0 Å². The zero-order valence-corrected chi connectivity index (χ0v) is 21.5. The number of nitrogens with zero attached hydrogens (tertiary/aromatic N) is 2. The Morgan fingerprint density at radius 1 is 1.23 bits per heavy atom. The van der Waals surface area contributed by atoms with Gasteiger partial charge in [0.15, 0.2) is 11.3 Å². The summed E-state index contributed by atoms with van der Waals surface area (Å²) in [5, 5.41) is 17.7. The zero-order chi connectivity index (χ0) is 25.2. The average molecular weight is 487 g/mol. The summed E-state index contributed by atoms with van der Waals surface area (Å²) in [6.07, 6.45) is 8.78. The molecule has 0 saturated heterocycles. The molecule has 5 aliphatic rings. The molecule has 35 heavy (non-hydrogen) atoms. The third-order valence-corrected chi connectivity index (χ3v) is 10.4. The third kappa shape index (κ3) is 3.23. The number of esters is 2. The van der Waals surface area contributed by atoms with Crippen molar-refractivity contribution >= 4 is 23.4 Å². The molecule has 0 amide bonds. The first-order valence-corrected chi connectivity index (χ1v) is 13.1. The van der Waals surface area contributed by atoms with Crippen molar-refractivity contribution in [2.45, 2.75) is 91.3 Å². The van der Waals surface area contributed by atoms with Crippen LogP contribution in [-0.2, 0) is 23.9 Å². The second kappa shape index (κ2) is 8.34. The maximum Gasteiger partial charge on any atom is 0.356 e. The normalized spacial score (nSPS) is 44.0. The number of carbonyl (C=O) groups is 2. The first kappa shape index (κ1) is 24.3. The molecular weight excluding hydrogens is 448 g/mol. The van der Waals surface area contributed by atoms with Crippen LogP contribution < -0.4 is 0 Å². The van der Waals surface area contributed by atoms with Crippen molar-refractivity contribution in [2.24, 2.45) is 44.8 Å². The van der Waals surface area contributed by atoms with Gasteiger partial charge in [0.25, 0.3) is 0 Å². The number of hydrogen-bond donors (Lipinski definition) is 1. The number of oxime groups is 2. The van der Waals surface area contributed by atoms with Crippen LogP contribution in [0.25, 0.3) is 0 Å². The fourth-order valence-corrected chi connectivity index (χ4v) is 8.84. The fraction of sp³-hybridized carbons (Fsp3) is 0.778. The van der Waals surface area contributed by atoms with Gasteiger partial charge in [-0.3, -0.25) is 4.79 Å². The summed E-state index contributed by atoms with van der Waals surface area (Å²) >= 11 is 0. The Kier molecular flexibility index (Phi) is 5.80. The first-order valence-electron chi connectivity index (χ1n) is 13.1. The van der Waals surface area contributed by atoms with Crippen molar-refractivity contribution in [1.29, 1.82) is 0 Å². The van der Waals surface area contributed by atoms with Crippen LogP contribution in [0.15, 0.2) is 22.0 Å². The van der Waals surface area contributed by atoms with E-state index in [4.69, 9.17) is 14.3 Å². The van der Waals surface area contributed by atoms with Gasteiger partial charge in [-0.1, -0.05) is 35.8 Å². The quantitative estimate of drug-likeness (QED) is 0.204. The summed E-state index contributed by atoms with van der Waals surface area (Å²) in [7, 11) is 0. The molecule has 0 aromatic carbocycles. The molecule has 5 rings (SSSR count). The third-order valence-electron chi connectivity index (χ3n) is 10.4. The van der Waals surface area contributed by atoms with Gasteiger partial charge in [0, 0.05) is 18.8 Å². The molecular formula is C27H38N2O6. The summed E-state index contributed by atoms with van der Waals surface area (Å²) in [5.41, 5.74) is 1.08. The van der Waals surface area contributed by atoms with Crippen LogP contribution in [0.4, 0.5) is 0 Å².